The Kier molecular flexibility index (Phi) is 2.94. The van der Waals surface area contributed by atoms with Crippen LogP contribution in [0.15, 0.2) is 0 Å². The van der Waals surface area contributed by atoms with E-state index in [9.17, 15) is 9.59 Å². The standard InChI is InChI=1S/C8H12O4/c1-3-11-7-5(9)6(10)8(7)12-4-2/h7-8H,3-4H2,1-2H3/t7-,8-/m1/s1. The number of carbonyl (C=O) groups is 2. The molecule has 0 spiro atoms. The number of carbonyl (C=O) groups excluding carboxylic acids is 2. The first-order chi connectivity index (χ1) is 5.72. The first kappa shape index (κ1) is 9.35. The Labute approximate surface area is 70.8 Å². The third kappa shape index (κ3) is 1.40. The molecular weight excluding hydrogens is 160 g/mol. The van der Waals surface area contributed by atoms with Crippen molar-refractivity contribution in [1.82, 2.24) is 0 Å². The maximum Gasteiger partial charge on any atom is 0.233 e. The van der Waals surface area contributed by atoms with E-state index in [4.69, 9.17) is 9.47 Å². The molecule has 0 aromatic carbocycles. The van der Waals surface area contributed by atoms with Gasteiger partial charge >= 0.3 is 0 Å². The Morgan fingerprint density at radius 2 is 1.33 bits per heavy atom. The van der Waals surface area contributed by atoms with Gasteiger partial charge in [-0.05, 0) is 13.8 Å². The summed E-state index contributed by atoms with van der Waals surface area (Å²) in [4.78, 5) is 21.8. The second-order valence-corrected chi connectivity index (χ2v) is 2.48. The summed E-state index contributed by atoms with van der Waals surface area (Å²) in [5.41, 5.74) is 0. The average Bonchev–Trinajstić information content (AvgIpc) is 2.10. The highest BCUT2D eigenvalue weighted by Gasteiger charge is 2.50. The molecule has 0 aromatic heterocycles. The summed E-state index contributed by atoms with van der Waals surface area (Å²) in [7, 11) is 0. The minimum absolute atomic E-state index is 0.424. The first-order valence-electron chi connectivity index (χ1n) is 4.03. The normalized spacial score (nSPS) is 28.8. The minimum Gasteiger partial charge on any atom is -0.367 e. The van der Waals surface area contributed by atoms with Crippen molar-refractivity contribution in [2.45, 2.75) is 26.1 Å². The van der Waals surface area contributed by atoms with Gasteiger partial charge in [0, 0.05) is 13.2 Å². The van der Waals surface area contributed by atoms with E-state index < -0.39 is 23.8 Å². The van der Waals surface area contributed by atoms with Crippen molar-refractivity contribution in [2.24, 2.45) is 0 Å². The van der Waals surface area contributed by atoms with E-state index >= 15 is 0 Å². The van der Waals surface area contributed by atoms with Crippen molar-refractivity contribution in [3.8, 4) is 0 Å². The lowest BCUT2D eigenvalue weighted by molar-refractivity contribution is -0.175. The van der Waals surface area contributed by atoms with Crippen LogP contribution in [0.5, 0.6) is 0 Å². The van der Waals surface area contributed by atoms with E-state index in [1.165, 1.54) is 0 Å². The molecular formula is C8H12O4. The molecule has 1 fully saturated rings. The zero-order chi connectivity index (χ0) is 9.14. The van der Waals surface area contributed by atoms with Crippen molar-refractivity contribution >= 4 is 11.6 Å². The van der Waals surface area contributed by atoms with Crippen LogP contribution in [0, 0.1) is 0 Å². The molecule has 0 amide bonds. The lowest BCUT2D eigenvalue weighted by atomic mass is 9.88. The quantitative estimate of drug-likeness (QED) is 0.558. The smallest absolute Gasteiger partial charge is 0.233 e. The van der Waals surface area contributed by atoms with Crippen LogP contribution in [0.25, 0.3) is 0 Å². The number of ether oxygens (including phenoxy) is 2. The lowest BCUT2D eigenvalue weighted by Crippen LogP contribution is -2.59. The van der Waals surface area contributed by atoms with Crippen LogP contribution in [0.2, 0.25) is 0 Å². The molecule has 0 aromatic rings. The van der Waals surface area contributed by atoms with Crippen molar-refractivity contribution in [2.75, 3.05) is 13.2 Å². The van der Waals surface area contributed by atoms with Crippen LogP contribution in [0.1, 0.15) is 13.8 Å². The third-order valence-corrected chi connectivity index (χ3v) is 1.73. The number of Topliss-reactive ketones (excluding diaryl/α,β-unsaturated/α-hetero) is 2. The van der Waals surface area contributed by atoms with Gasteiger partial charge in [0.15, 0.2) is 12.2 Å². The maximum absolute atomic E-state index is 10.9. The van der Waals surface area contributed by atoms with Crippen molar-refractivity contribution in [3.05, 3.63) is 0 Å². The minimum atomic E-state index is -0.651. The molecule has 0 heterocycles. The van der Waals surface area contributed by atoms with Gasteiger partial charge in [0.25, 0.3) is 0 Å². The molecule has 2 atom stereocenters. The van der Waals surface area contributed by atoms with Crippen LogP contribution >= 0.6 is 0 Å². The van der Waals surface area contributed by atoms with Gasteiger partial charge in [0.05, 0.1) is 0 Å². The largest absolute Gasteiger partial charge is 0.367 e. The SMILES string of the molecule is CCO[C@@H]1C(=O)C(=O)[C@H]1OCC. The predicted molar refractivity (Wildman–Crippen MR) is 40.8 cm³/mol. The number of hydrogen-bond donors (Lipinski definition) is 0. The summed E-state index contributed by atoms with van der Waals surface area (Å²) in [6.07, 6.45) is -1.30. The Balaban J connectivity index is 2.49. The van der Waals surface area contributed by atoms with Crippen LogP contribution < -0.4 is 0 Å². The summed E-state index contributed by atoms with van der Waals surface area (Å²) in [5, 5.41) is 0. The van der Waals surface area contributed by atoms with Crippen molar-refractivity contribution in [1.29, 1.82) is 0 Å². The van der Waals surface area contributed by atoms with Gasteiger partial charge in [-0.1, -0.05) is 0 Å². The fourth-order valence-corrected chi connectivity index (χ4v) is 1.14. The molecule has 4 heteroatoms. The van der Waals surface area contributed by atoms with Crippen molar-refractivity contribution in [3.63, 3.8) is 0 Å². The van der Waals surface area contributed by atoms with Gasteiger partial charge < -0.3 is 9.47 Å². The van der Waals surface area contributed by atoms with E-state index in [0.717, 1.165) is 0 Å². The topological polar surface area (TPSA) is 52.6 Å². The van der Waals surface area contributed by atoms with E-state index in [-0.39, 0.29) is 0 Å². The molecule has 0 saturated heterocycles. The second kappa shape index (κ2) is 3.78. The number of hydrogen-bond acceptors (Lipinski definition) is 4. The summed E-state index contributed by atoms with van der Waals surface area (Å²) in [5.74, 6) is -0.925. The molecule has 0 aliphatic heterocycles. The monoisotopic (exact) mass is 172 g/mol. The summed E-state index contributed by atoms with van der Waals surface area (Å²) in [6, 6.07) is 0. The van der Waals surface area contributed by atoms with Crippen LogP contribution in [0.3, 0.4) is 0 Å². The van der Waals surface area contributed by atoms with Gasteiger partial charge in [-0.15, -0.1) is 0 Å². The highest BCUT2D eigenvalue weighted by Crippen LogP contribution is 2.19. The lowest BCUT2D eigenvalue weighted by Gasteiger charge is -2.31. The van der Waals surface area contributed by atoms with Gasteiger partial charge in [0.2, 0.25) is 11.6 Å². The maximum atomic E-state index is 10.9. The van der Waals surface area contributed by atoms with E-state index in [1.807, 2.05) is 0 Å². The first-order valence-corrected chi connectivity index (χ1v) is 4.03. The fraction of sp³-hybridized carbons (Fsp3) is 0.750. The molecule has 68 valence electrons. The zero-order valence-electron chi connectivity index (χ0n) is 7.20. The van der Waals surface area contributed by atoms with Gasteiger partial charge in [-0.2, -0.15) is 0 Å². The van der Waals surface area contributed by atoms with E-state index in [0.29, 0.717) is 13.2 Å². The second-order valence-electron chi connectivity index (χ2n) is 2.48. The molecule has 1 rings (SSSR count). The van der Waals surface area contributed by atoms with Crippen LogP contribution in [-0.2, 0) is 19.1 Å². The van der Waals surface area contributed by atoms with Crippen LogP contribution in [0.4, 0.5) is 0 Å². The van der Waals surface area contributed by atoms with Gasteiger partial charge in [0.1, 0.15) is 0 Å². The molecule has 1 saturated carbocycles. The van der Waals surface area contributed by atoms with Crippen molar-refractivity contribution < 1.29 is 19.1 Å². The molecule has 0 radical (unpaired) electrons. The van der Waals surface area contributed by atoms with E-state index in [2.05, 4.69) is 0 Å². The Morgan fingerprint density at radius 1 is 1.00 bits per heavy atom. The fourth-order valence-electron chi connectivity index (χ4n) is 1.14. The molecule has 1 aliphatic rings. The van der Waals surface area contributed by atoms with Crippen LogP contribution in [-0.4, -0.2) is 37.0 Å². The molecule has 12 heavy (non-hydrogen) atoms. The average molecular weight is 172 g/mol. The highest BCUT2D eigenvalue weighted by molar-refractivity contribution is 6.48. The Morgan fingerprint density at radius 3 is 1.58 bits per heavy atom. The summed E-state index contributed by atoms with van der Waals surface area (Å²) < 4.78 is 10.1. The molecule has 4 nitrogen and oxygen atoms in total. The predicted octanol–water partition coefficient (Wildman–Crippen LogP) is -0.0516. The Hall–Kier alpha value is -0.740. The zero-order valence-corrected chi connectivity index (χ0v) is 7.20. The summed E-state index contributed by atoms with van der Waals surface area (Å²) >= 11 is 0. The van der Waals surface area contributed by atoms with Gasteiger partial charge in [-0.3, -0.25) is 9.59 Å². The summed E-state index contributed by atoms with van der Waals surface area (Å²) in [6.45, 7) is 4.40. The highest BCUT2D eigenvalue weighted by atomic mass is 16.6. The molecule has 1 aliphatic carbocycles. The third-order valence-electron chi connectivity index (χ3n) is 1.73. The molecule has 0 unspecified atom stereocenters. The number of rotatable bonds is 4. The molecule has 0 bridgehead atoms. The van der Waals surface area contributed by atoms with E-state index in [1.54, 1.807) is 13.8 Å². The number of ketones is 2. The molecule has 0 N–H and O–H groups in total. The van der Waals surface area contributed by atoms with Gasteiger partial charge in [-0.25, -0.2) is 0 Å². The Bertz CT molecular complexity index is 177.